The summed E-state index contributed by atoms with van der Waals surface area (Å²) in [6, 6.07) is 10.7. The summed E-state index contributed by atoms with van der Waals surface area (Å²) < 4.78 is 5.82. The second-order valence-electron chi connectivity index (χ2n) is 9.01. The molecule has 2 aliphatic carbocycles. The van der Waals surface area contributed by atoms with Gasteiger partial charge in [-0.05, 0) is 49.0 Å². The molecule has 1 saturated heterocycles. The highest BCUT2D eigenvalue weighted by Gasteiger charge is 2.38. The van der Waals surface area contributed by atoms with E-state index >= 15 is 0 Å². The lowest BCUT2D eigenvalue weighted by atomic mass is 9.87. The summed E-state index contributed by atoms with van der Waals surface area (Å²) in [5, 5.41) is 10.3. The number of benzene rings is 1. The van der Waals surface area contributed by atoms with Crippen molar-refractivity contribution in [3.05, 3.63) is 35.9 Å². The minimum atomic E-state index is -0.356. The summed E-state index contributed by atoms with van der Waals surface area (Å²) in [6.07, 6.45) is 6.68. The SMILES string of the molecule is OC(COCCC1CC2CCC1C2)CN1CCN(Cc2ccccc2)CC1. The summed E-state index contributed by atoms with van der Waals surface area (Å²) >= 11 is 0. The number of aliphatic hydroxyl groups is 1. The van der Waals surface area contributed by atoms with Crippen LogP contribution in [-0.4, -0.2) is 66.9 Å². The Balaban J connectivity index is 1.06. The Morgan fingerprint density at radius 3 is 2.48 bits per heavy atom. The number of nitrogens with zero attached hydrogens (tertiary/aromatic N) is 2. The van der Waals surface area contributed by atoms with Crippen molar-refractivity contribution in [3.8, 4) is 0 Å². The van der Waals surface area contributed by atoms with Crippen molar-refractivity contribution < 1.29 is 9.84 Å². The zero-order chi connectivity index (χ0) is 18.5. The van der Waals surface area contributed by atoms with E-state index in [-0.39, 0.29) is 6.10 Å². The van der Waals surface area contributed by atoms with Gasteiger partial charge in [-0.3, -0.25) is 9.80 Å². The van der Waals surface area contributed by atoms with E-state index in [2.05, 4.69) is 40.1 Å². The van der Waals surface area contributed by atoms with Crippen LogP contribution in [0.15, 0.2) is 30.3 Å². The average Bonchev–Trinajstić information content (AvgIpc) is 3.31. The standard InChI is InChI=1S/C23H36N2O2/c26-23(18-27-13-8-22-15-20-6-7-21(22)14-20)17-25-11-9-24(10-12-25)16-19-4-2-1-3-5-19/h1-5,20-23,26H,6-18H2. The highest BCUT2D eigenvalue weighted by molar-refractivity contribution is 5.14. The molecule has 0 spiro atoms. The number of β-amino-alcohol motifs (C(OH)–C–C–N with tert-alkyl or cyclic N) is 1. The fourth-order valence-electron chi connectivity index (χ4n) is 5.51. The van der Waals surface area contributed by atoms with E-state index in [4.69, 9.17) is 4.74 Å². The van der Waals surface area contributed by atoms with Crippen LogP contribution < -0.4 is 0 Å². The Hall–Kier alpha value is -0.940. The maximum absolute atomic E-state index is 10.3. The third-order valence-corrected chi connectivity index (χ3v) is 7.01. The van der Waals surface area contributed by atoms with E-state index in [9.17, 15) is 5.11 Å². The largest absolute Gasteiger partial charge is 0.389 e. The van der Waals surface area contributed by atoms with Gasteiger partial charge in [-0.1, -0.05) is 36.8 Å². The minimum Gasteiger partial charge on any atom is -0.389 e. The summed E-state index contributed by atoms with van der Waals surface area (Å²) in [6.45, 7) is 7.32. The van der Waals surface area contributed by atoms with E-state index in [1.807, 2.05) is 0 Å². The fraction of sp³-hybridized carbons (Fsp3) is 0.739. The summed E-state index contributed by atoms with van der Waals surface area (Å²) in [7, 11) is 0. The number of aliphatic hydroxyl groups excluding tert-OH is 1. The third kappa shape index (κ3) is 5.54. The molecule has 1 N–H and O–H groups in total. The topological polar surface area (TPSA) is 35.9 Å². The van der Waals surface area contributed by atoms with Crippen molar-refractivity contribution in [3.63, 3.8) is 0 Å². The van der Waals surface area contributed by atoms with Crippen molar-refractivity contribution in [1.82, 2.24) is 9.80 Å². The Morgan fingerprint density at radius 1 is 1.00 bits per heavy atom. The van der Waals surface area contributed by atoms with Gasteiger partial charge < -0.3 is 9.84 Å². The first-order valence-corrected chi connectivity index (χ1v) is 11.0. The summed E-state index contributed by atoms with van der Waals surface area (Å²) in [5.41, 5.74) is 1.38. The van der Waals surface area contributed by atoms with Crippen molar-refractivity contribution in [2.75, 3.05) is 45.9 Å². The number of piperazine rings is 1. The van der Waals surface area contributed by atoms with Gasteiger partial charge in [0.1, 0.15) is 0 Å². The van der Waals surface area contributed by atoms with Gasteiger partial charge >= 0.3 is 0 Å². The molecular weight excluding hydrogens is 336 g/mol. The molecule has 4 nitrogen and oxygen atoms in total. The van der Waals surface area contributed by atoms with Gasteiger partial charge in [-0.2, -0.15) is 0 Å². The zero-order valence-electron chi connectivity index (χ0n) is 16.6. The molecule has 3 fully saturated rings. The van der Waals surface area contributed by atoms with Crippen LogP contribution in [0.25, 0.3) is 0 Å². The number of hydrogen-bond acceptors (Lipinski definition) is 4. The molecule has 0 radical (unpaired) electrons. The van der Waals surface area contributed by atoms with Gasteiger partial charge in [0.25, 0.3) is 0 Å². The van der Waals surface area contributed by atoms with E-state index in [0.717, 1.165) is 63.6 Å². The Morgan fingerprint density at radius 2 is 1.78 bits per heavy atom. The predicted molar refractivity (Wildman–Crippen MR) is 109 cm³/mol. The van der Waals surface area contributed by atoms with E-state index < -0.39 is 0 Å². The van der Waals surface area contributed by atoms with Gasteiger partial charge in [0.05, 0.1) is 12.7 Å². The molecule has 1 heterocycles. The lowest BCUT2D eigenvalue weighted by Gasteiger charge is -2.35. The second-order valence-corrected chi connectivity index (χ2v) is 9.01. The molecule has 2 bridgehead atoms. The molecule has 27 heavy (non-hydrogen) atoms. The number of ether oxygens (including phenoxy) is 1. The molecule has 2 saturated carbocycles. The lowest BCUT2D eigenvalue weighted by molar-refractivity contribution is 0.00188. The Bertz CT molecular complexity index is 559. The molecule has 1 aromatic rings. The van der Waals surface area contributed by atoms with Gasteiger partial charge in [-0.15, -0.1) is 0 Å². The van der Waals surface area contributed by atoms with Crippen LogP contribution in [-0.2, 0) is 11.3 Å². The molecule has 4 atom stereocenters. The predicted octanol–water partition coefficient (Wildman–Crippen LogP) is 3.01. The highest BCUT2D eigenvalue weighted by atomic mass is 16.5. The summed E-state index contributed by atoms with van der Waals surface area (Å²) in [4.78, 5) is 4.88. The normalized spacial score (nSPS) is 30.0. The van der Waals surface area contributed by atoms with Crippen LogP contribution in [0.5, 0.6) is 0 Å². The molecule has 1 aliphatic heterocycles. The smallest absolute Gasteiger partial charge is 0.0900 e. The highest BCUT2D eigenvalue weighted by Crippen LogP contribution is 2.49. The van der Waals surface area contributed by atoms with Crippen molar-refractivity contribution in [2.24, 2.45) is 17.8 Å². The van der Waals surface area contributed by atoms with Crippen LogP contribution in [0.2, 0.25) is 0 Å². The van der Waals surface area contributed by atoms with Crippen molar-refractivity contribution >= 4 is 0 Å². The quantitative estimate of drug-likeness (QED) is 0.676. The van der Waals surface area contributed by atoms with Crippen LogP contribution in [0.3, 0.4) is 0 Å². The second kappa shape index (κ2) is 9.51. The number of rotatable bonds is 9. The molecule has 150 valence electrons. The van der Waals surface area contributed by atoms with Crippen LogP contribution in [0.1, 0.15) is 37.7 Å². The first-order valence-electron chi connectivity index (χ1n) is 11.0. The van der Waals surface area contributed by atoms with E-state index in [1.54, 1.807) is 0 Å². The van der Waals surface area contributed by atoms with Crippen molar-refractivity contribution in [2.45, 2.75) is 44.8 Å². The number of fused-ring (bicyclic) bond motifs is 2. The molecule has 4 heteroatoms. The molecular formula is C23H36N2O2. The van der Waals surface area contributed by atoms with Crippen LogP contribution >= 0.6 is 0 Å². The summed E-state index contributed by atoms with van der Waals surface area (Å²) in [5.74, 6) is 2.90. The molecule has 1 aromatic carbocycles. The first-order chi connectivity index (χ1) is 13.3. The molecule has 0 amide bonds. The molecule has 4 rings (SSSR count). The lowest BCUT2D eigenvalue weighted by Crippen LogP contribution is -2.48. The molecule has 0 aromatic heterocycles. The Labute approximate surface area is 164 Å². The van der Waals surface area contributed by atoms with Crippen LogP contribution in [0, 0.1) is 17.8 Å². The maximum Gasteiger partial charge on any atom is 0.0900 e. The fourth-order valence-corrected chi connectivity index (χ4v) is 5.51. The Kier molecular flexibility index (Phi) is 6.82. The molecule has 3 aliphatic rings. The monoisotopic (exact) mass is 372 g/mol. The first kappa shape index (κ1) is 19.4. The van der Waals surface area contributed by atoms with Gasteiger partial charge in [-0.25, -0.2) is 0 Å². The van der Waals surface area contributed by atoms with Gasteiger partial charge in [0.15, 0.2) is 0 Å². The van der Waals surface area contributed by atoms with Gasteiger partial charge in [0, 0.05) is 45.9 Å². The average molecular weight is 373 g/mol. The third-order valence-electron chi connectivity index (χ3n) is 7.01. The van der Waals surface area contributed by atoms with Crippen molar-refractivity contribution in [1.29, 1.82) is 0 Å². The van der Waals surface area contributed by atoms with Gasteiger partial charge in [0.2, 0.25) is 0 Å². The van der Waals surface area contributed by atoms with E-state index in [1.165, 1.54) is 37.7 Å². The zero-order valence-corrected chi connectivity index (χ0v) is 16.6. The minimum absolute atomic E-state index is 0.356. The van der Waals surface area contributed by atoms with Crippen LogP contribution in [0.4, 0.5) is 0 Å². The number of hydrogen-bond donors (Lipinski definition) is 1. The maximum atomic E-state index is 10.3. The van der Waals surface area contributed by atoms with E-state index in [0.29, 0.717) is 6.61 Å². The molecule has 4 unspecified atom stereocenters.